The Kier molecular flexibility index (Phi) is 15.9. The van der Waals surface area contributed by atoms with Crippen molar-refractivity contribution in [1.29, 1.82) is 0 Å². The summed E-state index contributed by atoms with van der Waals surface area (Å²) in [5.41, 5.74) is 1.93. The number of rotatable bonds is 1. The van der Waals surface area contributed by atoms with Crippen molar-refractivity contribution in [3.63, 3.8) is 0 Å². The zero-order valence-corrected chi connectivity index (χ0v) is 3.71. The molecule has 3 nitrogen and oxygen atoms in total. The van der Waals surface area contributed by atoms with E-state index in [1.807, 2.05) is 5.59 Å². The van der Waals surface area contributed by atoms with Gasteiger partial charge in [0.25, 0.3) is 0 Å². The van der Waals surface area contributed by atoms with Gasteiger partial charge in [-0.3, -0.25) is 4.84 Å². The summed E-state index contributed by atoms with van der Waals surface area (Å²) in [6.45, 7) is 0. The first kappa shape index (κ1) is 8.95. The summed E-state index contributed by atoms with van der Waals surface area (Å²) in [4.78, 5) is 4.07. The van der Waals surface area contributed by atoms with Crippen LogP contribution in [0.3, 0.4) is 0 Å². The minimum absolute atomic E-state index is 0. The summed E-state index contributed by atoms with van der Waals surface area (Å²) in [5.74, 6) is 4.56. The minimum atomic E-state index is 0. The van der Waals surface area contributed by atoms with E-state index in [4.69, 9.17) is 0 Å². The Morgan fingerprint density at radius 2 is 2.00 bits per heavy atom. The van der Waals surface area contributed by atoms with Crippen LogP contribution in [-0.2, 0) is 4.84 Å². The second-order valence-corrected chi connectivity index (χ2v) is 0.322. The molecule has 0 spiro atoms. The minimum Gasteiger partial charge on any atom is -0.291 e. The Labute approximate surface area is 36.8 Å². The summed E-state index contributed by atoms with van der Waals surface area (Å²) in [6.07, 6.45) is 0. The van der Waals surface area contributed by atoms with Gasteiger partial charge in [-0.25, -0.2) is 5.84 Å². The van der Waals surface area contributed by atoms with Crippen LogP contribution < -0.4 is 11.4 Å². The summed E-state index contributed by atoms with van der Waals surface area (Å²) in [5, 5.41) is 0. The lowest BCUT2D eigenvalue weighted by atomic mass is 11.7. The highest BCUT2D eigenvalue weighted by atomic mass is 35.5. The Hall–Kier alpha value is 0.170. The highest BCUT2D eigenvalue weighted by Gasteiger charge is 1.44. The number of hydrogen-bond acceptors (Lipinski definition) is 3. The van der Waals surface area contributed by atoms with E-state index in [0.29, 0.717) is 0 Å². The molecule has 5 heavy (non-hydrogen) atoms. The van der Waals surface area contributed by atoms with E-state index in [1.165, 1.54) is 7.11 Å². The van der Waals surface area contributed by atoms with Crippen LogP contribution in [0.15, 0.2) is 0 Å². The lowest BCUT2D eigenvalue weighted by Gasteiger charge is -1.80. The number of hydrogen-bond donors (Lipinski definition) is 2. The maximum absolute atomic E-state index is 4.56. The van der Waals surface area contributed by atoms with Gasteiger partial charge in [0.2, 0.25) is 0 Å². The summed E-state index contributed by atoms with van der Waals surface area (Å²) < 4.78 is 0. The highest BCUT2D eigenvalue weighted by Crippen LogP contribution is 1.27. The van der Waals surface area contributed by atoms with Crippen molar-refractivity contribution >= 4 is 12.4 Å². The molecule has 0 aliphatic carbocycles. The number of hydrazine groups is 1. The van der Waals surface area contributed by atoms with Crippen LogP contribution in [0.4, 0.5) is 0 Å². The third kappa shape index (κ3) is 14.3. The Balaban J connectivity index is 0. The van der Waals surface area contributed by atoms with Crippen LogP contribution in [0.2, 0.25) is 0 Å². The summed E-state index contributed by atoms with van der Waals surface area (Å²) in [7, 11) is 1.44. The second kappa shape index (κ2) is 8.90. The Morgan fingerprint density at radius 1 is 1.80 bits per heavy atom. The molecule has 0 saturated heterocycles. The van der Waals surface area contributed by atoms with Crippen molar-refractivity contribution in [2.24, 2.45) is 5.84 Å². The molecule has 0 radical (unpaired) electrons. The van der Waals surface area contributed by atoms with Gasteiger partial charge in [0.1, 0.15) is 0 Å². The molecule has 0 aromatic heterocycles. The van der Waals surface area contributed by atoms with Gasteiger partial charge in [-0.2, -0.15) is 0 Å². The molecule has 0 unspecified atom stereocenters. The molecule has 0 aromatic rings. The molecule has 34 valence electrons. The van der Waals surface area contributed by atoms with Crippen molar-refractivity contribution in [2.45, 2.75) is 0 Å². The number of nitrogens with one attached hydrogen (secondary N) is 1. The van der Waals surface area contributed by atoms with Crippen molar-refractivity contribution in [3.05, 3.63) is 0 Å². The average Bonchev–Trinajstić information content (AvgIpc) is 1.37. The molecule has 0 rings (SSSR count). The smallest absolute Gasteiger partial charge is 0.0588 e. The van der Waals surface area contributed by atoms with E-state index in [9.17, 15) is 0 Å². The van der Waals surface area contributed by atoms with Gasteiger partial charge in [-0.05, 0) is 0 Å². The molecule has 0 aliphatic heterocycles. The molecule has 0 aromatic carbocycles. The predicted molar refractivity (Wildman–Crippen MR) is 21.6 cm³/mol. The van der Waals surface area contributed by atoms with Crippen molar-refractivity contribution < 1.29 is 4.84 Å². The molecular formula is CH7ClN2O. The van der Waals surface area contributed by atoms with Gasteiger partial charge in [0.15, 0.2) is 0 Å². The van der Waals surface area contributed by atoms with E-state index in [-0.39, 0.29) is 12.4 Å². The third-order valence-electron chi connectivity index (χ3n) is 0.118. The van der Waals surface area contributed by atoms with Gasteiger partial charge < -0.3 is 0 Å². The highest BCUT2D eigenvalue weighted by molar-refractivity contribution is 5.85. The molecular weight excluding hydrogens is 91.5 g/mol. The summed E-state index contributed by atoms with van der Waals surface area (Å²) in [6, 6.07) is 0. The molecule has 0 atom stereocenters. The fourth-order valence-electron chi connectivity index (χ4n) is 0. The first-order valence-corrected chi connectivity index (χ1v) is 0.901. The van der Waals surface area contributed by atoms with Crippen LogP contribution in [0.1, 0.15) is 0 Å². The lowest BCUT2D eigenvalue weighted by Crippen LogP contribution is -2.19. The van der Waals surface area contributed by atoms with Gasteiger partial charge in [0.05, 0.1) is 7.11 Å². The van der Waals surface area contributed by atoms with Crippen molar-refractivity contribution in [3.8, 4) is 0 Å². The maximum atomic E-state index is 4.56. The zero-order valence-electron chi connectivity index (χ0n) is 2.89. The van der Waals surface area contributed by atoms with Crippen LogP contribution in [0.5, 0.6) is 0 Å². The SMILES string of the molecule is CONN.Cl. The van der Waals surface area contributed by atoms with E-state index < -0.39 is 0 Å². The summed E-state index contributed by atoms with van der Waals surface area (Å²) >= 11 is 0. The molecule has 3 N–H and O–H groups in total. The van der Waals surface area contributed by atoms with E-state index in [1.54, 1.807) is 0 Å². The first-order valence-electron chi connectivity index (χ1n) is 0.901. The first-order chi connectivity index (χ1) is 1.91. The van der Waals surface area contributed by atoms with Crippen LogP contribution in [-0.4, -0.2) is 7.11 Å². The van der Waals surface area contributed by atoms with Gasteiger partial charge in [-0.15, -0.1) is 18.0 Å². The second-order valence-electron chi connectivity index (χ2n) is 0.322. The lowest BCUT2D eigenvalue weighted by molar-refractivity contribution is 0.0925. The topological polar surface area (TPSA) is 47.3 Å². The van der Waals surface area contributed by atoms with Crippen molar-refractivity contribution in [2.75, 3.05) is 7.11 Å². The van der Waals surface area contributed by atoms with Gasteiger partial charge >= 0.3 is 0 Å². The Bertz CT molecular complexity index is 11.6. The molecule has 0 aliphatic rings. The quantitative estimate of drug-likeness (QED) is 0.341. The van der Waals surface area contributed by atoms with E-state index in [2.05, 4.69) is 10.7 Å². The van der Waals surface area contributed by atoms with Crippen LogP contribution >= 0.6 is 12.4 Å². The fourth-order valence-corrected chi connectivity index (χ4v) is 0. The number of nitrogens with two attached hydrogens (primary N) is 1. The van der Waals surface area contributed by atoms with E-state index in [0.717, 1.165) is 0 Å². The molecule has 4 heteroatoms. The van der Waals surface area contributed by atoms with Gasteiger partial charge in [-0.1, -0.05) is 0 Å². The largest absolute Gasteiger partial charge is 0.291 e. The average molecular weight is 98.5 g/mol. The van der Waals surface area contributed by atoms with Crippen LogP contribution in [0, 0.1) is 0 Å². The number of halogens is 1. The van der Waals surface area contributed by atoms with Crippen LogP contribution in [0.25, 0.3) is 0 Å². The monoisotopic (exact) mass is 98.0 g/mol. The third-order valence-corrected chi connectivity index (χ3v) is 0.118. The fraction of sp³-hybridized carbons (Fsp3) is 1.00. The maximum Gasteiger partial charge on any atom is 0.0588 e. The normalized spacial score (nSPS) is 6.00. The molecule has 0 saturated carbocycles. The molecule has 0 heterocycles. The van der Waals surface area contributed by atoms with Crippen molar-refractivity contribution in [1.82, 2.24) is 5.59 Å². The Morgan fingerprint density at radius 3 is 2.00 bits per heavy atom. The predicted octanol–water partition coefficient (Wildman–Crippen LogP) is -0.567. The molecule has 0 bridgehead atoms. The van der Waals surface area contributed by atoms with Gasteiger partial charge in [0, 0.05) is 0 Å². The molecule has 0 amide bonds. The van der Waals surface area contributed by atoms with E-state index >= 15 is 0 Å². The molecule has 0 fully saturated rings. The zero-order chi connectivity index (χ0) is 3.41. The standard InChI is InChI=1S/CH6N2O.ClH/c1-4-3-2;/h3H,2H2,1H3;1H.